The molecule has 0 radical (unpaired) electrons. The number of morpholine rings is 1. The molecule has 0 spiro atoms. The first-order chi connectivity index (χ1) is 14.5. The largest absolute Gasteiger partial charge is 0.379 e. The zero-order valence-corrected chi connectivity index (χ0v) is 19.4. The summed E-state index contributed by atoms with van der Waals surface area (Å²) in [5.41, 5.74) is 1.95. The molecule has 11 heteroatoms. The predicted molar refractivity (Wildman–Crippen MR) is 126 cm³/mol. The molecule has 0 saturated carbocycles. The number of thiophene rings is 1. The van der Waals surface area contributed by atoms with Crippen molar-refractivity contribution in [3.63, 3.8) is 0 Å². The standard InChI is InChI=1S/C20H22N4O4S2.ClH/c1-14-4-2-5-15-18(14)21-20(30-15)23(9-3-8-22-10-12-28-13-11-22)19(25)16-6-7-17(29-16)24(26)27;/h2,4-7H,3,8-13H2,1H3;1H. The highest BCUT2D eigenvalue weighted by Crippen LogP contribution is 2.33. The highest BCUT2D eigenvalue weighted by Gasteiger charge is 2.25. The third-order valence-electron chi connectivity index (χ3n) is 5.03. The topological polar surface area (TPSA) is 88.8 Å². The van der Waals surface area contributed by atoms with Gasteiger partial charge in [-0.2, -0.15) is 0 Å². The van der Waals surface area contributed by atoms with Gasteiger partial charge in [-0.05, 0) is 31.0 Å². The van der Waals surface area contributed by atoms with E-state index in [0.29, 0.717) is 16.6 Å². The number of benzene rings is 1. The molecular formula is C20H23ClN4O4S2. The van der Waals surface area contributed by atoms with Gasteiger partial charge in [0.2, 0.25) is 0 Å². The van der Waals surface area contributed by atoms with Gasteiger partial charge in [-0.3, -0.25) is 24.7 Å². The van der Waals surface area contributed by atoms with Crippen molar-refractivity contribution in [2.24, 2.45) is 0 Å². The number of hydrogen-bond donors (Lipinski definition) is 0. The molecule has 3 heterocycles. The SMILES string of the molecule is Cc1cccc2sc(N(CCCN3CCOCC3)C(=O)c3ccc([N+](=O)[O-])s3)nc12.Cl. The summed E-state index contributed by atoms with van der Waals surface area (Å²) in [7, 11) is 0. The van der Waals surface area contributed by atoms with Crippen molar-refractivity contribution >= 4 is 61.3 Å². The predicted octanol–water partition coefficient (Wildman–Crippen LogP) is 4.37. The summed E-state index contributed by atoms with van der Waals surface area (Å²) in [5, 5.41) is 11.6. The Bertz CT molecular complexity index is 1060. The van der Waals surface area contributed by atoms with Gasteiger partial charge < -0.3 is 4.74 Å². The van der Waals surface area contributed by atoms with E-state index >= 15 is 0 Å². The summed E-state index contributed by atoms with van der Waals surface area (Å²) in [6, 6.07) is 8.88. The molecule has 2 aromatic heterocycles. The molecule has 8 nitrogen and oxygen atoms in total. The number of para-hydroxylation sites is 1. The summed E-state index contributed by atoms with van der Waals surface area (Å²) < 4.78 is 6.41. The minimum atomic E-state index is -0.467. The van der Waals surface area contributed by atoms with E-state index in [-0.39, 0.29) is 23.3 Å². The molecule has 1 fully saturated rings. The number of rotatable bonds is 7. The maximum absolute atomic E-state index is 13.3. The van der Waals surface area contributed by atoms with Gasteiger partial charge in [-0.1, -0.05) is 34.8 Å². The first-order valence-corrected chi connectivity index (χ1v) is 11.4. The molecule has 1 aliphatic rings. The van der Waals surface area contributed by atoms with Crippen LogP contribution in [0.25, 0.3) is 10.2 Å². The van der Waals surface area contributed by atoms with E-state index in [4.69, 9.17) is 9.72 Å². The monoisotopic (exact) mass is 482 g/mol. The number of ether oxygens (including phenoxy) is 1. The molecule has 1 aromatic carbocycles. The fourth-order valence-electron chi connectivity index (χ4n) is 3.42. The van der Waals surface area contributed by atoms with Crippen LogP contribution in [0.15, 0.2) is 30.3 Å². The molecule has 0 atom stereocenters. The van der Waals surface area contributed by atoms with E-state index < -0.39 is 4.92 Å². The second-order valence-corrected chi connectivity index (χ2v) is 9.15. The van der Waals surface area contributed by atoms with E-state index in [1.165, 1.54) is 23.5 Å². The number of thiazole rings is 1. The molecule has 3 aromatic rings. The van der Waals surface area contributed by atoms with E-state index in [1.54, 1.807) is 4.90 Å². The third-order valence-corrected chi connectivity index (χ3v) is 7.10. The highest BCUT2D eigenvalue weighted by molar-refractivity contribution is 7.22. The molecule has 4 rings (SSSR count). The average Bonchev–Trinajstić information content (AvgIpc) is 3.40. The van der Waals surface area contributed by atoms with Gasteiger partial charge in [0.05, 0.1) is 33.2 Å². The fraction of sp³-hybridized carbons (Fsp3) is 0.400. The normalized spacial score (nSPS) is 14.4. The van der Waals surface area contributed by atoms with Crippen LogP contribution in [0.4, 0.5) is 10.1 Å². The second-order valence-electron chi connectivity index (χ2n) is 7.08. The number of amides is 1. The summed E-state index contributed by atoms with van der Waals surface area (Å²) in [5.74, 6) is -0.244. The number of nitrogens with zero attached hydrogens (tertiary/aromatic N) is 4. The number of carbonyl (C=O) groups is 1. The van der Waals surface area contributed by atoms with Crippen LogP contribution in [0, 0.1) is 17.0 Å². The minimum absolute atomic E-state index is 0. The molecule has 1 amide bonds. The van der Waals surface area contributed by atoms with Crippen LogP contribution < -0.4 is 4.90 Å². The Balaban J connectivity index is 0.00000272. The number of carbonyl (C=O) groups excluding carboxylic acids is 1. The number of anilines is 1. The molecule has 0 unspecified atom stereocenters. The number of aryl methyl sites for hydroxylation is 1. The van der Waals surface area contributed by atoms with Crippen LogP contribution >= 0.6 is 35.1 Å². The molecule has 0 bridgehead atoms. The molecule has 1 saturated heterocycles. The Labute approximate surface area is 194 Å². The van der Waals surface area contributed by atoms with Gasteiger partial charge in [0.1, 0.15) is 0 Å². The quantitative estimate of drug-likeness (QED) is 0.367. The zero-order chi connectivity index (χ0) is 21.1. The molecule has 166 valence electrons. The summed E-state index contributed by atoms with van der Waals surface area (Å²) in [6.07, 6.45) is 0.786. The first kappa shape index (κ1) is 23.6. The van der Waals surface area contributed by atoms with Gasteiger partial charge >= 0.3 is 5.00 Å². The average molecular weight is 483 g/mol. The van der Waals surface area contributed by atoms with Crippen molar-refractivity contribution in [2.45, 2.75) is 13.3 Å². The van der Waals surface area contributed by atoms with Crippen molar-refractivity contribution in [3.05, 3.63) is 50.9 Å². The van der Waals surface area contributed by atoms with Gasteiger partial charge in [-0.15, -0.1) is 12.4 Å². The fourth-order valence-corrected chi connectivity index (χ4v) is 5.26. The number of fused-ring (bicyclic) bond motifs is 1. The molecule has 31 heavy (non-hydrogen) atoms. The maximum Gasteiger partial charge on any atom is 0.324 e. The van der Waals surface area contributed by atoms with E-state index in [0.717, 1.165) is 66.4 Å². The Kier molecular flexibility index (Phi) is 7.95. The highest BCUT2D eigenvalue weighted by atomic mass is 35.5. The Morgan fingerprint density at radius 3 is 2.71 bits per heavy atom. The van der Waals surface area contributed by atoms with Gasteiger partial charge in [0.15, 0.2) is 5.13 Å². The Morgan fingerprint density at radius 2 is 2.03 bits per heavy atom. The summed E-state index contributed by atoms with van der Waals surface area (Å²) in [6.45, 7) is 6.62. The van der Waals surface area contributed by atoms with Gasteiger partial charge in [-0.25, -0.2) is 4.98 Å². The second kappa shape index (κ2) is 10.5. The Hall–Kier alpha value is -2.11. The van der Waals surface area contributed by atoms with E-state index in [2.05, 4.69) is 4.90 Å². The van der Waals surface area contributed by atoms with Gasteiger partial charge in [0, 0.05) is 32.2 Å². The van der Waals surface area contributed by atoms with Crippen LogP contribution in [-0.2, 0) is 4.74 Å². The number of halogens is 1. The van der Waals surface area contributed by atoms with Crippen LogP contribution in [-0.4, -0.2) is 60.1 Å². The number of nitro groups is 1. The van der Waals surface area contributed by atoms with Crippen LogP contribution in [0.2, 0.25) is 0 Å². The molecule has 0 aliphatic carbocycles. The van der Waals surface area contributed by atoms with Crippen LogP contribution in [0.1, 0.15) is 21.7 Å². The molecular weight excluding hydrogens is 460 g/mol. The van der Waals surface area contributed by atoms with E-state index in [1.807, 2.05) is 25.1 Å². The minimum Gasteiger partial charge on any atom is -0.379 e. The molecule has 0 N–H and O–H groups in total. The van der Waals surface area contributed by atoms with E-state index in [9.17, 15) is 14.9 Å². The Morgan fingerprint density at radius 1 is 1.26 bits per heavy atom. The van der Waals surface area contributed by atoms with Crippen LogP contribution in [0.3, 0.4) is 0 Å². The van der Waals surface area contributed by atoms with Crippen molar-refractivity contribution in [1.29, 1.82) is 0 Å². The summed E-state index contributed by atoms with van der Waals surface area (Å²) in [4.78, 5) is 32.9. The van der Waals surface area contributed by atoms with Crippen molar-refractivity contribution in [1.82, 2.24) is 9.88 Å². The smallest absolute Gasteiger partial charge is 0.324 e. The van der Waals surface area contributed by atoms with Crippen LogP contribution in [0.5, 0.6) is 0 Å². The molecule has 1 aliphatic heterocycles. The number of hydrogen-bond acceptors (Lipinski definition) is 8. The lowest BCUT2D eigenvalue weighted by Crippen LogP contribution is -2.39. The van der Waals surface area contributed by atoms with Crippen molar-refractivity contribution < 1.29 is 14.5 Å². The maximum atomic E-state index is 13.3. The third kappa shape index (κ3) is 5.39. The van der Waals surface area contributed by atoms with Gasteiger partial charge in [0.25, 0.3) is 5.91 Å². The first-order valence-electron chi connectivity index (χ1n) is 9.75. The number of aromatic nitrogens is 1. The van der Waals surface area contributed by atoms with Crippen molar-refractivity contribution in [3.8, 4) is 0 Å². The lowest BCUT2D eigenvalue weighted by Gasteiger charge is -2.27. The summed E-state index contributed by atoms with van der Waals surface area (Å²) >= 11 is 2.38. The lowest BCUT2D eigenvalue weighted by molar-refractivity contribution is -0.380. The lowest BCUT2D eigenvalue weighted by atomic mass is 10.2. The van der Waals surface area contributed by atoms with Crippen molar-refractivity contribution in [2.75, 3.05) is 44.3 Å². The zero-order valence-electron chi connectivity index (χ0n) is 17.0.